The molecule has 1 aromatic carbocycles. The van der Waals surface area contributed by atoms with Gasteiger partial charge in [-0.15, -0.1) is 0 Å². The van der Waals surface area contributed by atoms with Crippen LogP contribution in [0.2, 0.25) is 0 Å². The summed E-state index contributed by atoms with van der Waals surface area (Å²) >= 11 is 0. The Kier molecular flexibility index (Phi) is 4.09. The molecule has 0 heterocycles. The lowest BCUT2D eigenvalue weighted by Crippen LogP contribution is -2.51. The van der Waals surface area contributed by atoms with Gasteiger partial charge >= 0.3 is 14.2 Å². The Hall–Kier alpha value is -1.33. The first-order chi connectivity index (χ1) is 7.52. The van der Waals surface area contributed by atoms with Crippen LogP contribution in [-0.4, -0.2) is 34.3 Å². The zero-order valence-corrected chi connectivity index (χ0v) is 8.67. The Morgan fingerprint density at radius 2 is 1.56 bits per heavy atom. The molecule has 0 amide bonds. The quantitative estimate of drug-likeness (QED) is 0.455. The highest BCUT2D eigenvalue weighted by molar-refractivity contribution is 6.72. The second-order valence-corrected chi connectivity index (χ2v) is 3.23. The van der Waals surface area contributed by atoms with E-state index in [1.54, 1.807) is 6.07 Å². The van der Waals surface area contributed by atoms with Gasteiger partial charge in [-0.2, -0.15) is 0 Å². The fourth-order valence-electron chi connectivity index (χ4n) is 1.59. The zero-order chi connectivity index (χ0) is 12.3. The molecule has 0 aliphatic rings. The maximum absolute atomic E-state index is 9.24. The summed E-state index contributed by atoms with van der Waals surface area (Å²) in [7, 11) is -3.57. The van der Waals surface area contributed by atoms with Crippen LogP contribution in [-0.2, 0) is 0 Å². The summed E-state index contributed by atoms with van der Waals surface area (Å²) in [6, 6.07) is 3.01. The first-order valence-corrected chi connectivity index (χ1v) is 4.66. The molecule has 0 bridgehead atoms. The van der Waals surface area contributed by atoms with Crippen molar-refractivity contribution in [2.24, 2.45) is 0 Å². The van der Waals surface area contributed by atoms with Gasteiger partial charge in [0, 0.05) is 0 Å². The van der Waals surface area contributed by atoms with Gasteiger partial charge < -0.3 is 20.1 Å². The highest BCUT2D eigenvalue weighted by Crippen LogP contribution is 2.09. The van der Waals surface area contributed by atoms with Crippen LogP contribution in [0.1, 0.15) is 11.1 Å². The molecule has 0 aliphatic heterocycles. The Labute approximate surface area is 94.5 Å². The number of rotatable bonds is 4. The first-order valence-electron chi connectivity index (χ1n) is 4.66. The van der Waals surface area contributed by atoms with Gasteiger partial charge in [0.05, 0.1) is 0 Å². The molecule has 0 fully saturated rings. The molecule has 1 rings (SSSR count). The molecule has 0 saturated heterocycles. The van der Waals surface area contributed by atoms with Crippen molar-refractivity contribution in [1.82, 2.24) is 0 Å². The van der Waals surface area contributed by atoms with Crippen LogP contribution in [0.3, 0.4) is 0 Å². The second-order valence-electron chi connectivity index (χ2n) is 3.23. The van der Waals surface area contributed by atoms with Crippen molar-refractivity contribution in [2.75, 3.05) is 0 Å². The predicted molar refractivity (Wildman–Crippen MR) is 66.3 cm³/mol. The molecule has 16 heavy (non-hydrogen) atoms. The Morgan fingerprint density at radius 3 is 1.94 bits per heavy atom. The molecule has 6 heteroatoms. The van der Waals surface area contributed by atoms with Gasteiger partial charge in [-0.1, -0.05) is 37.4 Å². The van der Waals surface area contributed by atoms with Crippen LogP contribution in [0.25, 0.3) is 12.2 Å². The summed E-state index contributed by atoms with van der Waals surface area (Å²) in [5.74, 6) is 0. The van der Waals surface area contributed by atoms with Gasteiger partial charge in [0.15, 0.2) is 0 Å². The maximum Gasteiger partial charge on any atom is 0.488 e. The molecule has 4 nitrogen and oxygen atoms in total. The topological polar surface area (TPSA) is 80.9 Å². The molecule has 0 spiro atoms. The molecule has 82 valence electrons. The van der Waals surface area contributed by atoms with Gasteiger partial charge in [-0.3, -0.25) is 0 Å². The van der Waals surface area contributed by atoms with E-state index in [1.165, 1.54) is 18.2 Å². The van der Waals surface area contributed by atoms with Crippen LogP contribution in [0.5, 0.6) is 0 Å². The van der Waals surface area contributed by atoms with Crippen molar-refractivity contribution < 1.29 is 20.1 Å². The summed E-state index contributed by atoms with van der Waals surface area (Å²) < 4.78 is 0. The second kappa shape index (κ2) is 5.14. The van der Waals surface area contributed by atoms with Crippen molar-refractivity contribution in [3.8, 4) is 0 Å². The van der Waals surface area contributed by atoms with E-state index in [4.69, 9.17) is 10.0 Å². The normalized spacial score (nSPS) is 9.75. The van der Waals surface area contributed by atoms with Crippen LogP contribution in [0, 0.1) is 0 Å². The average Bonchev–Trinajstić information content (AvgIpc) is 2.26. The average molecular weight is 218 g/mol. The molecular formula is C10H12B2O4. The van der Waals surface area contributed by atoms with Gasteiger partial charge in [-0.05, 0) is 22.1 Å². The summed E-state index contributed by atoms with van der Waals surface area (Å²) in [4.78, 5) is 0. The fraction of sp³-hybridized carbons (Fsp3) is 0. The summed E-state index contributed by atoms with van der Waals surface area (Å²) in [5, 5.41) is 36.7. The van der Waals surface area contributed by atoms with E-state index in [2.05, 4.69) is 13.2 Å². The van der Waals surface area contributed by atoms with E-state index < -0.39 is 14.2 Å². The minimum atomic E-state index is -1.80. The van der Waals surface area contributed by atoms with E-state index in [-0.39, 0.29) is 10.9 Å². The van der Waals surface area contributed by atoms with Crippen LogP contribution < -0.4 is 10.9 Å². The first kappa shape index (κ1) is 12.7. The Bertz CT molecular complexity index is 416. The molecule has 1 aromatic rings. The molecule has 0 unspecified atom stereocenters. The lowest BCUT2D eigenvalue weighted by atomic mass is 9.63. The standard InChI is InChI=1S/C10H12B2O4/c1-3-7-5-6-9(11(13)14)10(12(15)16)8(7)4-2/h3-6,13-16H,1-2H2. The SMILES string of the molecule is C=Cc1ccc(B(O)O)c(B(O)O)c1C=C. The van der Waals surface area contributed by atoms with Crippen LogP contribution in [0.15, 0.2) is 25.3 Å². The van der Waals surface area contributed by atoms with Crippen molar-refractivity contribution in [2.45, 2.75) is 0 Å². The maximum atomic E-state index is 9.24. The van der Waals surface area contributed by atoms with Gasteiger partial charge in [-0.25, -0.2) is 0 Å². The van der Waals surface area contributed by atoms with Crippen molar-refractivity contribution in [1.29, 1.82) is 0 Å². The van der Waals surface area contributed by atoms with Gasteiger partial charge in [0.2, 0.25) is 0 Å². The minimum absolute atomic E-state index is 0.0300. The zero-order valence-electron chi connectivity index (χ0n) is 8.67. The molecule has 0 atom stereocenters. The lowest BCUT2D eigenvalue weighted by Gasteiger charge is -2.14. The third kappa shape index (κ3) is 2.25. The largest absolute Gasteiger partial charge is 0.488 e. The van der Waals surface area contributed by atoms with Crippen LogP contribution >= 0.6 is 0 Å². The van der Waals surface area contributed by atoms with Gasteiger partial charge in [0.1, 0.15) is 0 Å². The Morgan fingerprint density at radius 1 is 0.938 bits per heavy atom. The number of hydrogen-bond donors (Lipinski definition) is 4. The highest BCUT2D eigenvalue weighted by Gasteiger charge is 2.26. The summed E-state index contributed by atoms with van der Waals surface area (Å²) in [6.07, 6.45) is 2.94. The number of hydrogen-bond acceptors (Lipinski definition) is 4. The number of benzene rings is 1. The molecule has 0 radical (unpaired) electrons. The molecular weight excluding hydrogens is 206 g/mol. The fourth-order valence-corrected chi connectivity index (χ4v) is 1.59. The van der Waals surface area contributed by atoms with Crippen molar-refractivity contribution in [3.05, 3.63) is 36.4 Å². The summed E-state index contributed by atoms with van der Waals surface area (Å²) in [6.45, 7) is 7.13. The Balaban J connectivity index is 3.56. The lowest BCUT2D eigenvalue weighted by molar-refractivity contribution is 0.419. The summed E-state index contributed by atoms with van der Waals surface area (Å²) in [5.41, 5.74) is 1.14. The van der Waals surface area contributed by atoms with Gasteiger partial charge in [0.25, 0.3) is 0 Å². The smallest absolute Gasteiger partial charge is 0.423 e. The third-order valence-electron chi connectivity index (χ3n) is 2.32. The third-order valence-corrected chi connectivity index (χ3v) is 2.32. The highest BCUT2D eigenvalue weighted by atomic mass is 16.4. The van der Waals surface area contributed by atoms with E-state index in [0.29, 0.717) is 11.1 Å². The van der Waals surface area contributed by atoms with Crippen molar-refractivity contribution >= 4 is 37.3 Å². The van der Waals surface area contributed by atoms with E-state index in [0.717, 1.165) is 0 Å². The monoisotopic (exact) mass is 218 g/mol. The van der Waals surface area contributed by atoms with E-state index >= 15 is 0 Å². The molecule has 4 N–H and O–H groups in total. The minimum Gasteiger partial charge on any atom is -0.423 e. The van der Waals surface area contributed by atoms with E-state index in [1.807, 2.05) is 0 Å². The predicted octanol–water partition coefficient (Wildman–Crippen LogP) is -1.67. The molecule has 0 aliphatic carbocycles. The van der Waals surface area contributed by atoms with Crippen LogP contribution in [0.4, 0.5) is 0 Å². The van der Waals surface area contributed by atoms with Crippen molar-refractivity contribution in [3.63, 3.8) is 0 Å². The molecule has 0 saturated carbocycles. The van der Waals surface area contributed by atoms with E-state index in [9.17, 15) is 10.0 Å². The molecule has 0 aromatic heterocycles.